The molecule has 1 aliphatic heterocycles. The Bertz CT molecular complexity index is 1310. The first-order chi connectivity index (χ1) is 19.3. The summed E-state index contributed by atoms with van der Waals surface area (Å²) in [5.74, 6) is 1.50. The van der Waals surface area contributed by atoms with Crippen LogP contribution in [0.1, 0.15) is 43.4 Å². The van der Waals surface area contributed by atoms with Crippen LogP contribution in [0.4, 0.5) is 5.69 Å². The van der Waals surface area contributed by atoms with Gasteiger partial charge in [-0.2, -0.15) is 0 Å². The summed E-state index contributed by atoms with van der Waals surface area (Å²) in [4.78, 5) is 42.2. The van der Waals surface area contributed by atoms with Crippen molar-refractivity contribution in [3.05, 3.63) is 45.6 Å². The molecular weight excluding hydrogens is 512 g/mol. The first-order valence-electron chi connectivity index (χ1n) is 13.7. The molecule has 216 valence electrons. The highest BCUT2D eigenvalue weighted by atomic mass is 16.5. The van der Waals surface area contributed by atoms with Crippen LogP contribution < -0.4 is 30.3 Å². The molecule has 2 N–H and O–H groups in total. The summed E-state index contributed by atoms with van der Waals surface area (Å²) in [6, 6.07) is 6.81. The molecule has 40 heavy (non-hydrogen) atoms. The predicted octanol–water partition coefficient (Wildman–Crippen LogP) is 2.83. The number of amides is 2. The van der Waals surface area contributed by atoms with Crippen molar-refractivity contribution in [2.24, 2.45) is 0 Å². The maximum Gasteiger partial charge on any atom is 0.222 e. The quantitative estimate of drug-likeness (QED) is 0.457. The number of ether oxygens (including phenoxy) is 3. The van der Waals surface area contributed by atoms with Crippen LogP contribution in [0.5, 0.6) is 17.2 Å². The van der Waals surface area contributed by atoms with Crippen molar-refractivity contribution in [2.45, 2.75) is 38.6 Å². The monoisotopic (exact) mass is 552 g/mol. The molecule has 1 saturated heterocycles. The number of piperazine rings is 1. The van der Waals surface area contributed by atoms with Crippen molar-refractivity contribution < 1.29 is 23.8 Å². The summed E-state index contributed by atoms with van der Waals surface area (Å²) in [6.45, 7) is 5.25. The van der Waals surface area contributed by atoms with Gasteiger partial charge in [0.25, 0.3) is 0 Å². The molecule has 4 rings (SSSR count). The van der Waals surface area contributed by atoms with Gasteiger partial charge in [-0.05, 0) is 61.2 Å². The minimum absolute atomic E-state index is 0.147. The van der Waals surface area contributed by atoms with Gasteiger partial charge in [-0.3, -0.25) is 14.4 Å². The number of fused-ring (bicyclic) bond motifs is 3. The summed E-state index contributed by atoms with van der Waals surface area (Å²) in [5.41, 5.74) is 3.51. The number of rotatable bonds is 9. The number of carbonyl (C=O) groups is 2. The minimum Gasteiger partial charge on any atom is -0.493 e. The molecule has 1 atom stereocenters. The van der Waals surface area contributed by atoms with E-state index in [1.807, 2.05) is 17.0 Å². The molecule has 1 fully saturated rings. The van der Waals surface area contributed by atoms with Gasteiger partial charge in [0.05, 0.1) is 33.1 Å². The number of benzene rings is 1. The summed E-state index contributed by atoms with van der Waals surface area (Å²) in [5, 5.41) is 6.25. The second kappa shape index (κ2) is 13.0. The van der Waals surface area contributed by atoms with E-state index in [1.165, 1.54) is 6.92 Å². The Hall–Kier alpha value is -3.79. The standard InChI is InChI=1S/C30H40N4O6/c1-19(35)32-23-10-8-20-17-26(38-3)29(39-4)30(40-5)28(20)21-9-11-24(25(36)18-22(21)23)31-12-6-7-27(37)34-15-13-33(2)14-16-34/h9,11,17-18,23H,6-8,10,12-16H2,1-5H3,(H,31,36)(H,32,35). The molecule has 2 amide bonds. The van der Waals surface area contributed by atoms with Crippen molar-refractivity contribution in [2.75, 3.05) is 66.4 Å². The molecule has 0 aromatic heterocycles. The average molecular weight is 553 g/mol. The highest BCUT2D eigenvalue weighted by Gasteiger charge is 2.29. The third-order valence-electron chi connectivity index (χ3n) is 7.65. The fourth-order valence-corrected chi connectivity index (χ4v) is 5.53. The van der Waals surface area contributed by atoms with Gasteiger partial charge in [0.15, 0.2) is 11.5 Å². The van der Waals surface area contributed by atoms with E-state index < -0.39 is 0 Å². The lowest BCUT2D eigenvalue weighted by atomic mass is 9.95. The van der Waals surface area contributed by atoms with Crippen LogP contribution in [0.25, 0.3) is 11.1 Å². The number of methoxy groups -OCH3 is 3. The molecular formula is C30H40N4O6. The number of nitrogens with zero attached hydrogens (tertiary/aromatic N) is 2. The van der Waals surface area contributed by atoms with Gasteiger partial charge >= 0.3 is 0 Å². The lowest BCUT2D eigenvalue weighted by molar-refractivity contribution is -0.132. The van der Waals surface area contributed by atoms with Gasteiger partial charge in [0.2, 0.25) is 23.0 Å². The average Bonchev–Trinajstić information content (AvgIpc) is 3.18. The first-order valence-corrected chi connectivity index (χ1v) is 13.7. The molecule has 1 unspecified atom stereocenters. The van der Waals surface area contributed by atoms with Gasteiger partial charge < -0.3 is 34.6 Å². The number of nitrogens with one attached hydrogen (secondary N) is 2. The van der Waals surface area contributed by atoms with Crippen LogP contribution in [0.3, 0.4) is 0 Å². The number of hydrogen-bond acceptors (Lipinski definition) is 8. The molecule has 10 nitrogen and oxygen atoms in total. The van der Waals surface area contributed by atoms with E-state index in [0.717, 1.165) is 42.9 Å². The van der Waals surface area contributed by atoms with Crippen LogP contribution in [-0.2, 0) is 16.0 Å². The zero-order valence-corrected chi connectivity index (χ0v) is 24.1. The van der Waals surface area contributed by atoms with Crippen LogP contribution in [0.15, 0.2) is 29.1 Å². The second-order valence-corrected chi connectivity index (χ2v) is 10.3. The van der Waals surface area contributed by atoms with Crippen LogP contribution in [0, 0.1) is 0 Å². The van der Waals surface area contributed by atoms with E-state index in [9.17, 15) is 14.4 Å². The first kappa shape index (κ1) is 29.2. The Kier molecular flexibility index (Phi) is 9.52. The molecule has 2 aliphatic rings. The van der Waals surface area contributed by atoms with Crippen LogP contribution >= 0.6 is 0 Å². The van der Waals surface area contributed by atoms with Gasteiger partial charge in [-0.25, -0.2) is 0 Å². The second-order valence-electron chi connectivity index (χ2n) is 10.3. The number of likely N-dealkylation sites (N-methyl/N-ethyl adjacent to an activating group) is 1. The van der Waals surface area contributed by atoms with Crippen LogP contribution in [0.2, 0.25) is 0 Å². The van der Waals surface area contributed by atoms with Crippen molar-refractivity contribution in [3.63, 3.8) is 0 Å². The zero-order chi connectivity index (χ0) is 28.8. The molecule has 1 heterocycles. The van der Waals surface area contributed by atoms with Crippen LogP contribution in [-0.4, -0.2) is 82.7 Å². The van der Waals surface area contributed by atoms with Crippen molar-refractivity contribution in [3.8, 4) is 28.4 Å². The maximum absolute atomic E-state index is 13.4. The molecule has 10 heteroatoms. The maximum atomic E-state index is 13.4. The number of hydrogen-bond donors (Lipinski definition) is 2. The van der Waals surface area contributed by atoms with E-state index in [4.69, 9.17) is 14.2 Å². The van der Waals surface area contributed by atoms with E-state index >= 15 is 0 Å². The Labute approximate surface area is 235 Å². The smallest absolute Gasteiger partial charge is 0.222 e. The molecule has 2 aromatic rings. The lowest BCUT2D eigenvalue weighted by Crippen LogP contribution is -2.47. The largest absolute Gasteiger partial charge is 0.493 e. The van der Waals surface area contributed by atoms with Gasteiger partial charge in [0, 0.05) is 51.6 Å². The van der Waals surface area contributed by atoms with Gasteiger partial charge in [-0.15, -0.1) is 0 Å². The minimum atomic E-state index is -0.365. The fraction of sp³-hybridized carbons (Fsp3) is 0.500. The molecule has 0 radical (unpaired) electrons. The van der Waals surface area contributed by atoms with Gasteiger partial charge in [-0.1, -0.05) is 6.07 Å². The van der Waals surface area contributed by atoms with E-state index in [1.54, 1.807) is 33.5 Å². The van der Waals surface area contributed by atoms with E-state index in [-0.39, 0.29) is 23.3 Å². The predicted molar refractivity (Wildman–Crippen MR) is 154 cm³/mol. The number of aryl methyl sites for hydroxylation is 1. The number of anilines is 1. The lowest BCUT2D eigenvalue weighted by Gasteiger charge is -2.32. The molecule has 1 aliphatic carbocycles. The molecule has 0 spiro atoms. The Morgan fingerprint density at radius 1 is 1.00 bits per heavy atom. The van der Waals surface area contributed by atoms with Gasteiger partial charge in [0.1, 0.15) is 0 Å². The fourth-order valence-electron chi connectivity index (χ4n) is 5.53. The topological polar surface area (TPSA) is 109 Å². The number of carbonyl (C=O) groups excluding carboxylic acids is 2. The Morgan fingerprint density at radius 2 is 1.73 bits per heavy atom. The highest BCUT2D eigenvalue weighted by Crippen LogP contribution is 2.50. The summed E-state index contributed by atoms with van der Waals surface area (Å²) >= 11 is 0. The summed E-state index contributed by atoms with van der Waals surface area (Å²) in [7, 11) is 6.77. The third kappa shape index (κ3) is 6.33. The highest BCUT2D eigenvalue weighted by molar-refractivity contribution is 5.83. The summed E-state index contributed by atoms with van der Waals surface area (Å²) < 4.78 is 17.1. The van der Waals surface area contributed by atoms with Crippen molar-refractivity contribution in [1.82, 2.24) is 15.1 Å². The third-order valence-corrected chi connectivity index (χ3v) is 7.65. The van der Waals surface area contributed by atoms with Crippen molar-refractivity contribution >= 4 is 17.5 Å². The van der Waals surface area contributed by atoms with E-state index in [0.29, 0.717) is 60.7 Å². The van der Waals surface area contributed by atoms with Crippen molar-refractivity contribution in [1.29, 1.82) is 0 Å². The summed E-state index contributed by atoms with van der Waals surface area (Å²) in [6.07, 6.45) is 2.27. The zero-order valence-electron chi connectivity index (χ0n) is 24.1. The normalized spacial score (nSPS) is 16.7. The molecule has 0 saturated carbocycles. The van der Waals surface area contributed by atoms with E-state index in [2.05, 4.69) is 22.6 Å². The molecule has 2 aromatic carbocycles. The SMILES string of the molecule is COc1cc2c(c(OC)c1OC)-c1ccc(NCCCC(=O)N3CCN(C)CC3)c(=O)cc1C(NC(C)=O)CC2. The Balaban J connectivity index is 1.64. The molecule has 0 bridgehead atoms. The Morgan fingerprint density at radius 3 is 2.38 bits per heavy atom.